The fourth-order valence-electron chi connectivity index (χ4n) is 6.78. The second-order valence-corrected chi connectivity index (χ2v) is 14.7. The number of carbonyl (C=O) groups is 1. The third-order valence-electron chi connectivity index (χ3n) is 10.0. The summed E-state index contributed by atoms with van der Waals surface area (Å²) in [5.74, 6) is 3.72. The number of unbranched alkanes of at least 4 members (excludes halogenated alkanes) is 2. The standard InChI is InChI=1S/C45H53N3O8S/c1-50-35-17-14-32(15-18-35)39(31-37(49)34-29-41(52-3)44(54-5)42(30-34)53-4)55-26-10-8-20-47-22-24-48(25-23-47)21-9-11-27-56-40-28-33(16-19-38(40)51-2)45-46-36-12-6-7-13-43(36)57-45/h6-7,12-19,28-31H,8-11,20-27H2,1-5H3. The second kappa shape index (κ2) is 20.7. The molecule has 0 spiro atoms. The van der Waals surface area contributed by atoms with Crippen molar-refractivity contribution < 1.29 is 38.0 Å². The summed E-state index contributed by atoms with van der Waals surface area (Å²) in [5, 5.41) is 0.977. The first kappa shape index (κ1) is 41.3. The Labute approximate surface area is 339 Å². The molecule has 0 saturated carbocycles. The first-order valence-corrected chi connectivity index (χ1v) is 20.2. The Morgan fingerprint density at radius 3 is 1.93 bits per heavy atom. The Morgan fingerprint density at radius 2 is 1.32 bits per heavy atom. The zero-order valence-electron chi connectivity index (χ0n) is 33.6. The smallest absolute Gasteiger partial charge is 0.203 e. The number of aromatic nitrogens is 1. The van der Waals surface area contributed by atoms with E-state index in [-0.39, 0.29) is 5.78 Å². The lowest BCUT2D eigenvalue weighted by molar-refractivity contribution is 0.104. The van der Waals surface area contributed by atoms with E-state index in [0.717, 1.165) is 104 Å². The van der Waals surface area contributed by atoms with E-state index in [2.05, 4.69) is 15.9 Å². The van der Waals surface area contributed by atoms with Gasteiger partial charge in [0.25, 0.3) is 0 Å². The van der Waals surface area contributed by atoms with Crippen LogP contribution in [0.5, 0.6) is 34.5 Å². The van der Waals surface area contributed by atoms with Crippen molar-refractivity contribution >= 4 is 33.1 Å². The average molecular weight is 796 g/mol. The van der Waals surface area contributed by atoms with Crippen molar-refractivity contribution in [1.82, 2.24) is 14.8 Å². The third kappa shape index (κ3) is 11.0. The van der Waals surface area contributed by atoms with Crippen molar-refractivity contribution in [2.24, 2.45) is 0 Å². The Morgan fingerprint density at radius 1 is 0.667 bits per heavy atom. The predicted octanol–water partition coefficient (Wildman–Crippen LogP) is 8.50. The molecule has 0 aliphatic carbocycles. The molecule has 12 heteroatoms. The summed E-state index contributed by atoms with van der Waals surface area (Å²) in [6.45, 7) is 7.40. The SMILES string of the molecule is COc1ccc(C(=CC(=O)c2cc(OC)c(OC)c(OC)c2)OCCCCN2CCN(CCCCOc3cc(-c4nc5ccccc5s4)ccc3OC)CC2)cc1. The highest BCUT2D eigenvalue weighted by Gasteiger charge is 2.19. The number of piperazine rings is 1. The molecule has 57 heavy (non-hydrogen) atoms. The maximum atomic E-state index is 13.5. The lowest BCUT2D eigenvalue weighted by Crippen LogP contribution is -2.46. The lowest BCUT2D eigenvalue weighted by atomic mass is 10.1. The lowest BCUT2D eigenvalue weighted by Gasteiger charge is -2.34. The van der Waals surface area contributed by atoms with Crippen molar-refractivity contribution in [3.05, 3.63) is 96.1 Å². The topological polar surface area (TPSA) is 101 Å². The Balaban J connectivity index is 0.921. The molecule has 1 aliphatic heterocycles. The van der Waals surface area contributed by atoms with Gasteiger partial charge in [0.2, 0.25) is 5.75 Å². The number of para-hydroxylation sites is 1. The molecule has 0 amide bonds. The molecule has 302 valence electrons. The van der Waals surface area contributed by atoms with Gasteiger partial charge in [-0.15, -0.1) is 11.3 Å². The number of benzene rings is 4. The molecule has 1 saturated heterocycles. The van der Waals surface area contributed by atoms with Crippen molar-refractivity contribution in [3.8, 4) is 45.1 Å². The van der Waals surface area contributed by atoms with E-state index in [1.165, 1.54) is 32.1 Å². The quantitative estimate of drug-likeness (QED) is 0.0309. The number of thiazole rings is 1. The number of rotatable bonds is 21. The second-order valence-electron chi connectivity index (χ2n) is 13.7. The van der Waals surface area contributed by atoms with Gasteiger partial charge in [0, 0.05) is 48.9 Å². The molecule has 1 aliphatic rings. The summed E-state index contributed by atoms with van der Waals surface area (Å²) in [7, 11) is 7.88. The minimum Gasteiger partial charge on any atom is -0.497 e. The zero-order valence-corrected chi connectivity index (χ0v) is 34.4. The fourth-order valence-corrected chi connectivity index (χ4v) is 7.75. The van der Waals surface area contributed by atoms with E-state index in [1.807, 2.05) is 60.7 Å². The number of allylic oxidation sites excluding steroid dienone is 1. The number of methoxy groups -OCH3 is 5. The largest absolute Gasteiger partial charge is 0.497 e. The van der Waals surface area contributed by atoms with E-state index >= 15 is 0 Å². The molecule has 5 aromatic rings. The van der Waals surface area contributed by atoms with Gasteiger partial charge in [-0.1, -0.05) is 12.1 Å². The van der Waals surface area contributed by atoms with Gasteiger partial charge < -0.3 is 43.0 Å². The highest BCUT2D eigenvalue weighted by atomic mass is 32.1. The van der Waals surface area contributed by atoms with Crippen LogP contribution in [0.4, 0.5) is 0 Å². The molecular formula is C45H53N3O8S. The molecule has 11 nitrogen and oxygen atoms in total. The number of ether oxygens (including phenoxy) is 7. The Kier molecular flexibility index (Phi) is 15.0. The molecular weight excluding hydrogens is 743 g/mol. The molecule has 0 unspecified atom stereocenters. The van der Waals surface area contributed by atoms with Crippen molar-refractivity contribution in [2.75, 3.05) is 88.0 Å². The number of ketones is 1. The van der Waals surface area contributed by atoms with Crippen LogP contribution in [0.1, 0.15) is 41.6 Å². The van der Waals surface area contributed by atoms with Crippen LogP contribution in [0.3, 0.4) is 0 Å². The molecule has 0 N–H and O–H groups in total. The van der Waals surface area contributed by atoms with Gasteiger partial charge >= 0.3 is 0 Å². The molecule has 2 heterocycles. The predicted molar refractivity (Wildman–Crippen MR) is 226 cm³/mol. The summed E-state index contributed by atoms with van der Waals surface area (Å²) >= 11 is 1.68. The fraction of sp³-hybridized carbons (Fsp3) is 0.378. The summed E-state index contributed by atoms with van der Waals surface area (Å²) in [4.78, 5) is 23.4. The third-order valence-corrected chi connectivity index (χ3v) is 11.1. The number of nitrogens with zero attached hydrogens (tertiary/aromatic N) is 3. The maximum absolute atomic E-state index is 13.5. The van der Waals surface area contributed by atoms with Gasteiger partial charge in [-0.05, 0) is 106 Å². The number of carbonyl (C=O) groups excluding carboxylic acids is 1. The van der Waals surface area contributed by atoms with E-state index in [0.29, 0.717) is 41.8 Å². The molecule has 6 rings (SSSR count). The van der Waals surface area contributed by atoms with Crippen LogP contribution >= 0.6 is 11.3 Å². The van der Waals surface area contributed by atoms with Gasteiger partial charge in [0.15, 0.2) is 28.8 Å². The van der Waals surface area contributed by atoms with Crippen LogP contribution < -0.4 is 28.4 Å². The Hall–Kier alpha value is -5.30. The van der Waals surface area contributed by atoms with E-state index < -0.39 is 0 Å². The van der Waals surface area contributed by atoms with Crippen LogP contribution in [-0.4, -0.2) is 109 Å². The first-order chi connectivity index (χ1) is 27.9. The number of hydrogen-bond acceptors (Lipinski definition) is 12. The number of hydrogen-bond donors (Lipinski definition) is 0. The molecule has 0 atom stereocenters. The summed E-state index contributed by atoms with van der Waals surface area (Å²) in [5.41, 5.74) is 3.23. The van der Waals surface area contributed by atoms with E-state index in [9.17, 15) is 4.79 Å². The normalized spacial score (nSPS) is 13.7. The number of fused-ring (bicyclic) bond motifs is 1. The zero-order chi connectivity index (χ0) is 40.0. The van der Waals surface area contributed by atoms with Gasteiger partial charge in [0.1, 0.15) is 16.5 Å². The molecule has 0 radical (unpaired) electrons. The Bertz CT molecular complexity index is 2030. The highest BCUT2D eigenvalue weighted by molar-refractivity contribution is 7.21. The summed E-state index contributed by atoms with van der Waals surface area (Å²) in [6.07, 6.45) is 5.42. The molecule has 1 aromatic heterocycles. The molecule has 0 bridgehead atoms. The van der Waals surface area contributed by atoms with Crippen LogP contribution in [-0.2, 0) is 4.74 Å². The van der Waals surface area contributed by atoms with Crippen LogP contribution in [0, 0.1) is 0 Å². The summed E-state index contributed by atoms with van der Waals surface area (Å²) < 4.78 is 40.9. The van der Waals surface area contributed by atoms with Crippen LogP contribution in [0.2, 0.25) is 0 Å². The van der Waals surface area contributed by atoms with E-state index in [1.54, 1.807) is 37.7 Å². The van der Waals surface area contributed by atoms with Crippen LogP contribution in [0.15, 0.2) is 84.9 Å². The average Bonchev–Trinajstić information content (AvgIpc) is 3.70. The maximum Gasteiger partial charge on any atom is 0.203 e. The van der Waals surface area contributed by atoms with E-state index in [4.69, 9.17) is 38.1 Å². The van der Waals surface area contributed by atoms with Crippen molar-refractivity contribution in [2.45, 2.75) is 25.7 Å². The van der Waals surface area contributed by atoms with Gasteiger partial charge in [0.05, 0.1) is 59.0 Å². The monoisotopic (exact) mass is 795 g/mol. The molecule has 1 fully saturated rings. The first-order valence-electron chi connectivity index (χ1n) is 19.4. The van der Waals surface area contributed by atoms with Gasteiger partial charge in [-0.2, -0.15) is 0 Å². The van der Waals surface area contributed by atoms with Crippen LogP contribution in [0.25, 0.3) is 26.5 Å². The van der Waals surface area contributed by atoms with Crippen molar-refractivity contribution in [3.63, 3.8) is 0 Å². The molecule has 4 aromatic carbocycles. The van der Waals surface area contributed by atoms with Crippen molar-refractivity contribution in [1.29, 1.82) is 0 Å². The van der Waals surface area contributed by atoms with Gasteiger partial charge in [-0.3, -0.25) is 4.79 Å². The summed E-state index contributed by atoms with van der Waals surface area (Å²) in [6, 6.07) is 25.0. The minimum absolute atomic E-state index is 0.239. The highest BCUT2D eigenvalue weighted by Crippen LogP contribution is 2.39. The van der Waals surface area contributed by atoms with Gasteiger partial charge in [-0.25, -0.2) is 4.98 Å². The minimum atomic E-state index is -0.239.